The first kappa shape index (κ1) is 20.4. The van der Waals surface area contributed by atoms with E-state index in [1.165, 1.54) is 12.1 Å². The fourth-order valence-corrected chi connectivity index (χ4v) is 4.37. The lowest BCUT2D eigenvalue weighted by Gasteiger charge is -2.45. The number of fused-ring (bicyclic) bond motifs is 1. The summed E-state index contributed by atoms with van der Waals surface area (Å²) < 4.78 is 38.7. The molecule has 5 nitrogen and oxygen atoms in total. The molecule has 0 atom stereocenters. The van der Waals surface area contributed by atoms with E-state index in [2.05, 4.69) is 0 Å². The molecule has 1 saturated carbocycles. The van der Waals surface area contributed by atoms with Crippen molar-refractivity contribution in [3.8, 4) is 0 Å². The Morgan fingerprint density at radius 1 is 1.03 bits per heavy atom. The standard InChI is InChI=1S/C22H21F3N2O3/c23-22(24,25)18-6-4-17(5-7-18)21(9-1-10-21)20(29)27-11-8-14-12-15(19(28)26-30)2-3-16(14)13-27/h2-7,12,30H,1,8-11,13H2,(H,26,28). The van der Waals surface area contributed by atoms with Crippen LogP contribution in [0.2, 0.25) is 0 Å². The number of carbonyl (C=O) groups is 2. The number of benzene rings is 2. The Kier molecular flexibility index (Phi) is 5.05. The van der Waals surface area contributed by atoms with E-state index < -0.39 is 23.1 Å². The fraction of sp³-hybridized carbons (Fsp3) is 0.364. The molecule has 0 radical (unpaired) electrons. The number of hydrogen-bond donors (Lipinski definition) is 2. The number of halogens is 3. The van der Waals surface area contributed by atoms with Crippen LogP contribution in [0, 0.1) is 0 Å². The third kappa shape index (κ3) is 3.45. The van der Waals surface area contributed by atoms with Crippen LogP contribution < -0.4 is 5.48 Å². The van der Waals surface area contributed by atoms with E-state index in [0.29, 0.717) is 43.5 Å². The van der Waals surface area contributed by atoms with E-state index in [4.69, 9.17) is 5.21 Å². The lowest BCUT2D eigenvalue weighted by Crippen LogP contribution is -2.52. The highest BCUT2D eigenvalue weighted by Gasteiger charge is 2.48. The van der Waals surface area contributed by atoms with Crippen LogP contribution in [0.5, 0.6) is 0 Å². The van der Waals surface area contributed by atoms with Gasteiger partial charge < -0.3 is 4.90 Å². The molecular weight excluding hydrogens is 397 g/mol. The van der Waals surface area contributed by atoms with Crippen LogP contribution in [0.15, 0.2) is 42.5 Å². The first-order chi connectivity index (χ1) is 14.2. The quantitative estimate of drug-likeness (QED) is 0.588. The largest absolute Gasteiger partial charge is 0.416 e. The van der Waals surface area contributed by atoms with E-state index >= 15 is 0 Å². The van der Waals surface area contributed by atoms with E-state index in [0.717, 1.165) is 29.7 Å². The van der Waals surface area contributed by atoms with Crippen molar-refractivity contribution in [3.63, 3.8) is 0 Å². The average molecular weight is 418 g/mol. The number of rotatable bonds is 3. The molecule has 0 bridgehead atoms. The molecule has 2 amide bonds. The number of hydrogen-bond acceptors (Lipinski definition) is 3. The summed E-state index contributed by atoms with van der Waals surface area (Å²) in [5.74, 6) is -0.650. The van der Waals surface area contributed by atoms with Crippen molar-refractivity contribution in [2.75, 3.05) is 6.54 Å². The van der Waals surface area contributed by atoms with Gasteiger partial charge in [0.2, 0.25) is 5.91 Å². The zero-order valence-corrected chi connectivity index (χ0v) is 16.1. The molecule has 1 aliphatic heterocycles. The van der Waals surface area contributed by atoms with Gasteiger partial charge in [-0.15, -0.1) is 0 Å². The van der Waals surface area contributed by atoms with E-state index in [9.17, 15) is 22.8 Å². The average Bonchev–Trinajstić information content (AvgIpc) is 2.71. The Bertz CT molecular complexity index is 982. The zero-order valence-electron chi connectivity index (χ0n) is 16.1. The van der Waals surface area contributed by atoms with Gasteiger partial charge in [-0.05, 0) is 60.2 Å². The molecule has 0 spiro atoms. The summed E-state index contributed by atoms with van der Waals surface area (Å²) in [6.07, 6.45) is -1.74. The van der Waals surface area contributed by atoms with Gasteiger partial charge in [0.25, 0.3) is 5.91 Å². The van der Waals surface area contributed by atoms with E-state index in [1.807, 2.05) is 0 Å². The Hall–Kier alpha value is -2.87. The van der Waals surface area contributed by atoms with Gasteiger partial charge in [0, 0.05) is 18.7 Å². The van der Waals surface area contributed by atoms with E-state index in [-0.39, 0.29) is 5.91 Å². The number of alkyl halides is 3. The van der Waals surface area contributed by atoms with Crippen molar-refractivity contribution < 1.29 is 28.0 Å². The molecule has 2 N–H and O–H groups in total. The molecule has 1 aliphatic carbocycles. The van der Waals surface area contributed by atoms with Gasteiger partial charge in [-0.3, -0.25) is 14.8 Å². The van der Waals surface area contributed by atoms with Crippen molar-refractivity contribution in [1.29, 1.82) is 0 Å². The Morgan fingerprint density at radius 3 is 2.30 bits per heavy atom. The summed E-state index contributed by atoms with van der Waals surface area (Å²) >= 11 is 0. The van der Waals surface area contributed by atoms with Gasteiger partial charge >= 0.3 is 6.18 Å². The van der Waals surface area contributed by atoms with Crippen LogP contribution in [0.1, 0.15) is 51.9 Å². The summed E-state index contributed by atoms with van der Waals surface area (Å²) in [5, 5.41) is 8.79. The second-order valence-electron chi connectivity index (χ2n) is 7.91. The molecule has 30 heavy (non-hydrogen) atoms. The van der Waals surface area contributed by atoms with Crippen LogP contribution in [0.25, 0.3) is 0 Å². The third-order valence-corrected chi connectivity index (χ3v) is 6.25. The lowest BCUT2D eigenvalue weighted by molar-refractivity contribution is -0.142. The van der Waals surface area contributed by atoms with Crippen molar-refractivity contribution in [2.45, 2.75) is 43.8 Å². The van der Waals surface area contributed by atoms with Crippen molar-refractivity contribution in [3.05, 3.63) is 70.3 Å². The van der Waals surface area contributed by atoms with Gasteiger partial charge in [-0.1, -0.05) is 24.6 Å². The Morgan fingerprint density at radius 2 is 1.73 bits per heavy atom. The van der Waals surface area contributed by atoms with Crippen molar-refractivity contribution in [2.24, 2.45) is 0 Å². The molecule has 0 aromatic heterocycles. The number of nitrogens with one attached hydrogen (secondary N) is 1. The molecule has 8 heteroatoms. The second kappa shape index (κ2) is 7.43. The molecule has 1 heterocycles. The monoisotopic (exact) mass is 418 g/mol. The van der Waals surface area contributed by atoms with Crippen LogP contribution in [-0.4, -0.2) is 28.5 Å². The van der Waals surface area contributed by atoms with Gasteiger partial charge in [0.05, 0.1) is 11.0 Å². The first-order valence-electron chi connectivity index (χ1n) is 9.78. The van der Waals surface area contributed by atoms with Crippen LogP contribution in [0.4, 0.5) is 13.2 Å². The van der Waals surface area contributed by atoms with Crippen LogP contribution >= 0.6 is 0 Å². The SMILES string of the molecule is O=C(NO)c1ccc2c(c1)CCN(C(=O)C1(c3ccc(C(F)(F)F)cc3)CCC1)C2. The van der Waals surface area contributed by atoms with Gasteiger partial charge in [-0.25, -0.2) is 5.48 Å². The zero-order chi connectivity index (χ0) is 21.5. The Balaban J connectivity index is 1.56. The fourth-order valence-electron chi connectivity index (χ4n) is 4.37. The van der Waals surface area contributed by atoms with Gasteiger partial charge in [0.1, 0.15) is 0 Å². The number of hydroxylamine groups is 1. The molecule has 2 aliphatic rings. The number of nitrogens with zero attached hydrogens (tertiary/aromatic N) is 1. The lowest BCUT2D eigenvalue weighted by atomic mass is 9.63. The highest BCUT2D eigenvalue weighted by molar-refractivity contribution is 5.93. The third-order valence-electron chi connectivity index (χ3n) is 6.25. The molecule has 0 saturated heterocycles. The maximum Gasteiger partial charge on any atom is 0.416 e. The topological polar surface area (TPSA) is 69.6 Å². The van der Waals surface area contributed by atoms with Crippen molar-refractivity contribution in [1.82, 2.24) is 10.4 Å². The van der Waals surface area contributed by atoms with Crippen LogP contribution in [-0.2, 0) is 29.4 Å². The Labute approximate surface area is 171 Å². The van der Waals surface area contributed by atoms with Crippen molar-refractivity contribution >= 4 is 11.8 Å². The minimum absolute atomic E-state index is 0.0589. The summed E-state index contributed by atoms with van der Waals surface area (Å²) in [6.45, 7) is 0.857. The summed E-state index contributed by atoms with van der Waals surface area (Å²) in [5.41, 5.74) is 2.96. The summed E-state index contributed by atoms with van der Waals surface area (Å²) in [4.78, 5) is 26.8. The normalized spacial score (nSPS) is 17.7. The molecule has 1 fully saturated rings. The first-order valence-corrected chi connectivity index (χ1v) is 9.78. The second-order valence-corrected chi connectivity index (χ2v) is 7.91. The van der Waals surface area contributed by atoms with Crippen LogP contribution in [0.3, 0.4) is 0 Å². The summed E-state index contributed by atoms with van der Waals surface area (Å²) in [6, 6.07) is 10.0. The maximum absolute atomic E-state index is 13.4. The predicted molar refractivity (Wildman–Crippen MR) is 102 cm³/mol. The smallest absolute Gasteiger partial charge is 0.337 e. The molecule has 0 unspecified atom stereocenters. The molecular formula is C22H21F3N2O3. The molecule has 2 aromatic rings. The molecule has 2 aromatic carbocycles. The molecule has 4 rings (SSSR count). The van der Waals surface area contributed by atoms with Gasteiger partial charge in [0.15, 0.2) is 0 Å². The maximum atomic E-state index is 13.4. The number of amides is 2. The highest BCUT2D eigenvalue weighted by Crippen LogP contribution is 2.46. The summed E-state index contributed by atoms with van der Waals surface area (Å²) in [7, 11) is 0. The van der Waals surface area contributed by atoms with E-state index in [1.54, 1.807) is 28.6 Å². The minimum Gasteiger partial charge on any atom is -0.337 e. The van der Waals surface area contributed by atoms with Gasteiger partial charge in [-0.2, -0.15) is 13.2 Å². The minimum atomic E-state index is -4.41. The predicted octanol–water partition coefficient (Wildman–Crippen LogP) is 3.83. The highest BCUT2D eigenvalue weighted by atomic mass is 19.4. The number of carbonyl (C=O) groups excluding carboxylic acids is 2. The molecule has 158 valence electrons.